The monoisotopic (exact) mass is 323 g/mol. The van der Waals surface area contributed by atoms with Crippen LogP contribution in [-0.2, 0) is 6.54 Å². The van der Waals surface area contributed by atoms with E-state index in [-0.39, 0.29) is 18.2 Å². The average Bonchev–Trinajstić information content (AvgIpc) is 2.51. The van der Waals surface area contributed by atoms with Crippen molar-refractivity contribution in [1.82, 2.24) is 9.88 Å². The fraction of sp³-hybridized carbons (Fsp3) is 0.471. The number of halogens is 2. The molecular weight excluding hydrogens is 301 g/mol. The quantitative estimate of drug-likeness (QED) is 0.938. The van der Waals surface area contributed by atoms with Crippen LogP contribution in [0.4, 0.5) is 4.39 Å². The van der Waals surface area contributed by atoms with Crippen LogP contribution in [0.25, 0.3) is 10.9 Å². The van der Waals surface area contributed by atoms with Gasteiger partial charge in [0.15, 0.2) is 0 Å². The molecule has 2 heterocycles. The first-order valence-electron chi connectivity index (χ1n) is 7.72. The molecule has 1 aromatic heterocycles. The first-order chi connectivity index (χ1) is 10.3. The van der Waals surface area contributed by atoms with E-state index in [9.17, 15) is 4.39 Å². The van der Waals surface area contributed by atoms with Crippen molar-refractivity contribution in [3.05, 3.63) is 41.8 Å². The van der Waals surface area contributed by atoms with Gasteiger partial charge in [-0.25, -0.2) is 4.39 Å². The minimum absolute atomic E-state index is 0. The molecule has 0 saturated carbocycles. The Morgan fingerprint density at radius 2 is 2.18 bits per heavy atom. The molecule has 1 aliphatic rings. The van der Waals surface area contributed by atoms with E-state index in [1.165, 1.54) is 12.8 Å². The molecule has 1 aromatic carbocycles. The Hall–Kier alpha value is -1.23. The van der Waals surface area contributed by atoms with Crippen LogP contribution in [0.15, 0.2) is 30.5 Å². The summed E-state index contributed by atoms with van der Waals surface area (Å²) in [4.78, 5) is 6.83. The summed E-state index contributed by atoms with van der Waals surface area (Å²) in [5.74, 6) is 0.505. The molecule has 3 rings (SSSR count). The highest BCUT2D eigenvalue weighted by Crippen LogP contribution is 2.24. The third-order valence-corrected chi connectivity index (χ3v) is 4.37. The number of benzene rings is 1. The van der Waals surface area contributed by atoms with E-state index >= 15 is 0 Å². The summed E-state index contributed by atoms with van der Waals surface area (Å²) >= 11 is 0. The van der Waals surface area contributed by atoms with E-state index in [4.69, 9.17) is 5.73 Å². The molecule has 1 aliphatic heterocycles. The number of hydrogen-bond acceptors (Lipinski definition) is 3. The van der Waals surface area contributed by atoms with Crippen LogP contribution in [0.2, 0.25) is 0 Å². The first-order valence-corrected chi connectivity index (χ1v) is 7.72. The lowest BCUT2D eigenvalue weighted by molar-refractivity contribution is 0.163. The van der Waals surface area contributed by atoms with Crippen LogP contribution < -0.4 is 5.73 Å². The normalized spacial score (nSPS) is 19.1. The Labute approximate surface area is 137 Å². The molecule has 5 heteroatoms. The van der Waals surface area contributed by atoms with Gasteiger partial charge in [0.25, 0.3) is 0 Å². The molecular formula is C17H23ClFN3. The number of pyridine rings is 1. The van der Waals surface area contributed by atoms with Crippen LogP contribution in [0.1, 0.15) is 24.8 Å². The summed E-state index contributed by atoms with van der Waals surface area (Å²) in [6, 6.07) is 7.01. The Bertz CT molecular complexity index is 618. The molecule has 2 N–H and O–H groups in total. The molecule has 0 aliphatic carbocycles. The molecule has 1 saturated heterocycles. The zero-order chi connectivity index (χ0) is 14.7. The Kier molecular flexibility index (Phi) is 6.12. The van der Waals surface area contributed by atoms with Gasteiger partial charge < -0.3 is 5.73 Å². The first kappa shape index (κ1) is 17.1. The molecule has 0 amide bonds. The van der Waals surface area contributed by atoms with E-state index in [0.29, 0.717) is 11.3 Å². The number of nitrogens with zero attached hydrogens (tertiary/aromatic N) is 2. The maximum Gasteiger partial charge on any atom is 0.132 e. The third kappa shape index (κ3) is 3.75. The summed E-state index contributed by atoms with van der Waals surface area (Å²) < 4.78 is 13.8. The van der Waals surface area contributed by atoms with Crippen molar-refractivity contribution >= 4 is 23.3 Å². The smallest absolute Gasteiger partial charge is 0.132 e. The van der Waals surface area contributed by atoms with Crippen molar-refractivity contribution in [1.29, 1.82) is 0 Å². The highest BCUT2D eigenvalue weighted by molar-refractivity contribution is 5.85. The third-order valence-electron chi connectivity index (χ3n) is 4.37. The van der Waals surface area contributed by atoms with Gasteiger partial charge in [0.1, 0.15) is 5.82 Å². The second-order valence-electron chi connectivity index (χ2n) is 5.93. The molecule has 0 radical (unpaired) electrons. The van der Waals surface area contributed by atoms with Gasteiger partial charge in [-0.05, 0) is 62.0 Å². The highest BCUT2D eigenvalue weighted by atomic mass is 35.5. The number of nitrogens with two attached hydrogens (primary N) is 1. The lowest BCUT2D eigenvalue weighted by Gasteiger charge is -2.32. The SMILES string of the molecule is Cl.NCCC1CCCN(Cc2ccc(F)c3cccnc23)C1. The van der Waals surface area contributed by atoms with Gasteiger partial charge in [-0.3, -0.25) is 9.88 Å². The van der Waals surface area contributed by atoms with Crippen molar-refractivity contribution in [2.24, 2.45) is 11.7 Å². The fourth-order valence-corrected chi connectivity index (χ4v) is 3.33. The summed E-state index contributed by atoms with van der Waals surface area (Å²) in [5.41, 5.74) is 7.58. The molecule has 0 spiro atoms. The number of hydrogen-bond donors (Lipinski definition) is 1. The van der Waals surface area contributed by atoms with Gasteiger partial charge in [0.05, 0.1) is 5.52 Å². The van der Waals surface area contributed by atoms with Crippen molar-refractivity contribution in [2.45, 2.75) is 25.8 Å². The van der Waals surface area contributed by atoms with Crippen molar-refractivity contribution in [3.8, 4) is 0 Å². The number of likely N-dealkylation sites (tertiary alicyclic amines) is 1. The predicted molar refractivity (Wildman–Crippen MR) is 90.6 cm³/mol. The maximum absolute atomic E-state index is 13.8. The Morgan fingerprint density at radius 3 is 3.00 bits per heavy atom. The van der Waals surface area contributed by atoms with Crippen molar-refractivity contribution in [2.75, 3.05) is 19.6 Å². The second kappa shape index (κ2) is 7.86. The van der Waals surface area contributed by atoms with E-state index in [2.05, 4.69) is 9.88 Å². The molecule has 120 valence electrons. The molecule has 2 aromatic rings. The molecule has 3 nitrogen and oxygen atoms in total. The second-order valence-corrected chi connectivity index (χ2v) is 5.93. The highest BCUT2D eigenvalue weighted by Gasteiger charge is 2.20. The van der Waals surface area contributed by atoms with Gasteiger partial charge in [-0.2, -0.15) is 0 Å². The lowest BCUT2D eigenvalue weighted by atomic mass is 9.94. The number of aromatic nitrogens is 1. The molecule has 1 atom stereocenters. The van der Waals surface area contributed by atoms with Gasteiger partial charge in [-0.1, -0.05) is 6.07 Å². The number of fused-ring (bicyclic) bond motifs is 1. The number of piperidine rings is 1. The van der Waals surface area contributed by atoms with Gasteiger partial charge in [-0.15, -0.1) is 12.4 Å². The Morgan fingerprint density at radius 1 is 1.32 bits per heavy atom. The standard InChI is InChI=1S/C17H22FN3.ClH/c18-16-6-5-14(17-15(16)4-1-9-20-17)12-21-10-2-3-13(11-21)7-8-19;/h1,4-6,9,13H,2-3,7-8,10-12,19H2;1H. The number of rotatable bonds is 4. The van der Waals surface area contributed by atoms with Crippen LogP contribution in [0.5, 0.6) is 0 Å². The van der Waals surface area contributed by atoms with Crippen molar-refractivity contribution < 1.29 is 4.39 Å². The minimum Gasteiger partial charge on any atom is -0.330 e. The van der Waals surface area contributed by atoms with E-state index < -0.39 is 0 Å². The predicted octanol–water partition coefficient (Wildman–Crippen LogP) is 3.36. The summed E-state index contributed by atoms with van der Waals surface area (Å²) in [7, 11) is 0. The van der Waals surface area contributed by atoms with Crippen molar-refractivity contribution in [3.63, 3.8) is 0 Å². The molecule has 22 heavy (non-hydrogen) atoms. The van der Waals surface area contributed by atoms with Crippen LogP contribution >= 0.6 is 12.4 Å². The zero-order valence-corrected chi connectivity index (χ0v) is 13.5. The van der Waals surface area contributed by atoms with Gasteiger partial charge in [0, 0.05) is 24.7 Å². The molecule has 0 bridgehead atoms. The average molecular weight is 324 g/mol. The summed E-state index contributed by atoms with van der Waals surface area (Å²) in [6.07, 6.45) is 5.32. The topological polar surface area (TPSA) is 42.1 Å². The van der Waals surface area contributed by atoms with Crippen LogP contribution in [0, 0.1) is 11.7 Å². The van der Waals surface area contributed by atoms with Crippen LogP contribution in [-0.4, -0.2) is 29.5 Å². The Balaban J connectivity index is 0.00000176. The zero-order valence-electron chi connectivity index (χ0n) is 12.7. The van der Waals surface area contributed by atoms with E-state index in [1.54, 1.807) is 24.4 Å². The van der Waals surface area contributed by atoms with Crippen LogP contribution in [0.3, 0.4) is 0 Å². The van der Waals surface area contributed by atoms with Gasteiger partial charge in [0.2, 0.25) is 0 Å². The lowest BCUT2D eigenvalue weighted by Crippen LogP contribution is -2.35. The maximum atomic E-state index is 13.8. The fourth-order valence-electron chi connectivity index (χ4n) is 3.33. The minimum atomic E-state index is -0.193. The molecule has 1 fully saturated rings. The van der Waals surface area contributed by atoms with E-state index in [1.807, 2.05) is 6.07 Å². The van der Waals surface area contributed by atoms with E-state index in [0.717, 1.165) is 43.7 Å². The largest absolute Gasteiger partial charge is 0.330 e. The van der Waals surface area contributed by atoms with Gasteiger partial charge >= 0.3 is 0 Å². The molecule has 1 unspecified atom stereocenters. The summed E-state index contributed by atoms with van der Waals surface area (Å²) in [6.45, 7) is 3.80. The summed E-state index contributed by atoms with van der Waals surface area (Å²) in [5, 5.41) is 0.616.